The third-order valence-corrected chi connectivity index (χ3v) is 4.07. The number of carbonyl (C=O) groups excluding carboxylic acids is 1. The number of ether oxygens (including phenoxy) is 1. The number of hydrogen-bond acceptors (Lipinski definition) is 6. The summed E-state index contributed by atoms with van der Waals surface area (Å²) in [5, 5.41) is 0. The molecule has 0 spiro atoms. The normalized spacial score (nSPS) is 20.3. The van der Waals surface area contributed by atoms with E-state index in [1.165, 1.54) is 4.57 Å². The van der Waals surface area contributed by atoms with Crippen molar-refractivity contribution in [3.8, 4) is 12.3 Å². The van der Waals surface area contributed by atoms with Crippen LogP contribution in [0, 0.1) is 12.3 Å². The lowest BCUT2D eigenvalue weighted by atomic mass is 10.1. The van der Waals surface area contributed by atoms with Gasteiger partial charge in [-0.1, -0.05) is 12.8 Å². The van der Waals surface area contributed by atoms with E-state index in [1.807, 2.05) is 0 Å². The highest BCUT2D eigenvalue weighted by Crippen LogP contribution is 2.30. The Balaban J connectivity index is 2.17. The van der Waals surface area contributed by atoms with Gasteiger partial charge in [0.15, 0.2) is 16.9 Å². The number of nitrogens with zero attached hydrogens (tertiary/aromatic N) is 3. The van der Waals surface area contributed by atoms with E-state index in [9.17, 15) is 14.4 Å². The van der Waals surface area contributed by atoms with Crippen LogP contribution in [0.1, 0.15) is 32.4 Å². The van der Waals surface area contributed by atoms with E-state index >= 15 is 0 Å². The number of hydrogen-bond donors (Lipinski definition) is 2. The molecule has 3 heterocycles. The average molecular weight is 331 g/mol. The lowest BCUT2D eigenvalue weighted by Crippen LogP contribution is -2.29. The smallest absolute Gasteiger partial charge is 0.333 e. The van der Waals surface area contributed by atoms with Gasteiger partial charge in [-0.3, -0.25) is 19.1 Å². The van der Waals surface area contributed by atoms with Crippen LogP contribution in [0.5, 0.6) is 0 Å². The molecule has 1 saturated heterocycles. The average Bonchev–Trinajstić information content (AvgIpc) is 3.11. The molecule has 1 aliphatic heterocycles. The lowest BCUT2D eigenvalue weighted by Gasteiger charge is -2.13. The first-order valence-electron chi connectivity index (χ1n) is 7.60. The maximum atomic E-state index is 12.7. The van der Waals surface area contributed by atoms with Crippen molar-refractivity contribution in [2.45, 2.75) is 45.1 Å². The van der Waals surface area contributed by atoms with Crippen molar-refractivity contribution in [1.82, 2.24) is 19.1 Å². The van der Waals surface area contributed by atoms with Crippen molar-refractivity contribution in [3.63, 3.8) is 0 Å². The molecule has 0 aliphatic carbocycles. The van der Waals surface area contributed by atoms with E-state index in [-0.39, 0.29) is 29.4 Å². The summed E-state index contributed by atoms with van der Waals surface area (Å²) in [5.74, 6) is 2.20. The van der Waals surface area contributed by atoms with Gasteiger partial charge in [-0.15, -0.1) is 6.42 Å². The van der Waals surface area contributed by atoms with Gasteiger partial charge in [0.05, 0.1) is 6.54 Å². The van der Waals surface area contributed by atoms with Crippen LogP contribution in [0.25, 0.3) is 11.2 Å². The molecule has 0 radical (unpaired) electrons. The van der Waals surface area contributed by atoms with Gasteiger partial charge in [-0.2, -0.15) is 4.98 Å². The Hall–Kier alpha value is -2.86. The number of ketones is 1. The highest BCUT2D eigenvalue weighted by atomic mass is 16.5. The van der Waals surface area contributed by atoms with Crippen molar-refractivity contribution >= 4 is 22.9 Å². The van der Waals surface area contributed by atoms with Crippen molar-refractivity contribution in [1.29, 1.82) is 0 Å². The second kappa shape index (κ2) is 5.98. The number of nitrogens with two attached hydrogens (primary N) is 1. The molecule has 2 aromatic heterocycles. The molecule has 0 aromatic carbocycles. The molecule has 0 bridgehead atoms. The van der Waals surface area contributed by atoms with Crippen molar-refractivity contribution < 1.29 is 9.53 Å². The third-order valence-electron chi connectivity index (χ3n) is 4.07. The van der Waals surface area contributed by atoms with Gasteiger partial charge in [0, 0.05) is 6.42 Å². The van der Waals surface area contributed by atoms with Gasteiger partial charge >= 0.3 is 5.69 Å². The first-order valence-corrected chi connectivity index (χ1v) is 7.60. The van der Waals surface area contributed by atoms with E-state index in [1.54, 1.807) is 6.92 Å². The van der Waals surface area contributed by atoms with Gasteiger partial charge in [0.1, 0.15) is 12.3 Å². The lowest BCUT2D eigenvalue weighted by molar-refractivity contribution is -0.131. The van der Waals surface area contributed by atoms with Crippen LogP contribution in [-0.4, -0.2) is 31.0 Å². The molecule has 1 aliphatic rings. The van der Waals surface area contributed by atoms with Crippen LogP contribution in [0.4, 0.5) is 5.95 Å². The largest absolute Gasteiger partial charge is 0.369 e. The fraction of sp³-hybridized carbons (Fsp3) is 0.467. The number of imidazole rings is 1. The van der Waals surface area contributed by atoms with Crippen LogP contribution >= 0.6 is 0 Å². The number of fused-ring (bicyclic) bond motifs is 1. The number of carbonyl (C=O) groups is 1. The highest BCUT2D eigenvalue weighted by molar-refractivity contribution is 5.83. The summed E-state index contributed by atoms with van der Waals surface area (Å²) in [5.41, 5.74) is 4.68. The number of H-pyrrole nitrogens is 1. The Morgan fingerprint density at radius 1 is 1.50 bits per heavy atom. The Morgan fingerprint density at radius 2 is 2.25 bits per heavy atom. The molecule has 9 nitrogen and oxygen atoms in total. The van der Waals surface area contributed by atoms with Crippen LogP contribution in [0.3, 0.4) is 0 Å². The molecular weight excluding hydrogens is 314 g/mol. The molecule has 2 atom stereocenters. The molecule has 2 unspecified atom stereocenters. The predicted octanol–water partition coefficient (Wildman–Crippen LogP) is -0.242. The van der Waals surface area contributed by atoms with Crippen molar-refractivity contribution in [2.75, 3.05) is 5.73 Å². The molecule has 126 valence electrons. The van der Waals surface area contributed by atoms with E-state index in [0.717, 1.165) is 4.57 Å². The Labute approximate surface area is 136 Å². The SMILES string of the molecule is C#CCn1c(=O)n(C2CCC(C(=O)CC)O2)c2nc(N)[nH]c(=O)c21. The van der Waals surface area contributed by atoms with Crippen molar-refractivity contribution in [3.05, 3.63) is 20.8 Å². The maximum absolute atomic E-state index is 12.7. The summed E-state index contributed by atoms with van der Waals surface area (Å²) < 4.78 is 8.12. The summed E-state index contributed by atoms with van der Waals surface area (Å²) in [6.07, 6.45) is 5.37. The minimum atomic E-state index is -0.687. The van der Waals surface area contributed by atoms with Crippen LogP contribution in [0.2, 0.25) is 0 Å². The molecule has 24 heavy (non-hydrogen) atoms. The summed E-state index contributed by atoms with van der Waals surface area (Å²) in [6.45, 7) is 1.67. The Kier molecular flexibility index (Phi) is 3.99. The summed E-state index contributed by atoms with van der Waals surface area (Å²) in [7, 11) is 0. The molecular formula is C15H17N5O4. The molecule has 3 N–H and O–H groups in total. The first-order chi connectivity index (χ1) is 11.5. The molecule has 0 saturated carbocycles. The second-order valence-electron chi connectivity index (χ2n) is 5.54. The standard InChI is InChI=1S/C15H17N5O4/c1-3-7-19-11-12(17-14(16)18-13(11)22)20(15(19)23)10-6-5-9(24-10)8(21)4-2/h1,9-10H,4-7H2,2H3,(H3,16,17,18,22). The van der Waals surface area contributed by atoms with E-state index < -0.39 is 23.6 Å². The number of Topliss-reactive ketones (excluding diaryl/α,β-unsaturated/α-hetero) is 1. The summed E-state index contributed by atoms with van der Waals surface area (Å²) in [6, 6.07) is 0. The van der Waals surface area contributed by atoms with E-state index in [0.29, 0.717) is 19.3 Å². The van der Waals surface area contributed by atoms with E-state index in [4.69, 9.17) is 16.9 Å². The zero-order valence-corrected chi connectivity index (χ0v) is 13.1. The van der Waals surface area contributed by atoms with Gasteiger partial charge < -0.3 is 10.5 Å². The third kappa shape index (κ3) is 2.41. The number of anilines is 1. The van der Waals surface area contributed by atoms with Crippen molar-refractivity contribution in [2.24, 2.45) is 0 Å². The zero-order chi connectivity index (χ0) is 17.4. The first kappa shape index (κ1) is 16.0. The number of terminal acetylenes is 1. The fourth-order valence-electron chi connectivity index (χ4n) is 2.97. The van der Waals surface area contributed by atoms with E-state index in [2.05, 4.69) is 15.9 Å². The summed E-state index contributed by atoms with van der Waals surface area (Å²) in [4.78, 5) is 43.1. The number of aromatic amines is 1. The van der Waals surface area contributed by atoms with Crippen LogP contribution in [0.15, 0.2) is 9.59 Å². The maximum Gasteiger partial charge on any atom is 0.333 e. The monoisotopic (exact) mass is 331 g/mol. The fourth-order valence-corrected chi connectivity index (χ4v) is 2.97. The van der Waals surface area contributed by atoms with Crippen LogP contribution < -0.4 is 17.0 Å². The number of rotatable bonds is 4. The zero-order valence-electron chi connectivity index (χ0n) is 13.1. The molecule has 1 fully saturated rings. The van der Waals surface area contributed by atoms with Gasteiger partial charge in [-0.05, 0) is 12.8 Å². The minimum absolute atomic E-state index is 0.0248. The number of nitrogen functional groups attached to an aromatic ring is 1. The highest BCUT2D eigenvalue weighted by Gasteiger charge is 2.34. The Morgan fingerprint density at radius 3 is 2.92 bits per heavy atom. The molecule has 3 rings (SSSR count). The predicted molar refractivity (Wildman–Crippen MR) is 86.3 cm³/mol. The molecule has 0 amide bonds. The minimum Gasteiger partial charge on any atom is -0.369 e. The van der Waals surface area contributed by atoms with Gasteiger partial charge in [0.2, 0.25) is 5.95 Å². The molecule has 2 aromatic rings. The Bertz CT molecular complexity index is 961. The summed E-state index contributed by atoms with van der Waals surface area (Å²) >= 11 is 0. The second-order valence-corrected chi connectivity index (χ2v) is 5.54. The number of aromatic nitrogens is 4. The van der Waals surface area contributed by atoms with Gasteiger partial charge in [-0.25, -0.2) is 9.36 Å². The number of nitrogens with one attached hydrogen (secondary N) is 1. The quantitative estimate of drug-likeness (QED) is 0.745. The topological polar surface area (TPSA) is 125 Å². The van der Waals surface area contributed by atoms with Crippen LogP contribution in [-0.2, 0) is 16.1 Å². The molecule has 9 heteroatoms. The van der Waals surface area contributed by atoms with Gasteiger partial charge in [0.25, 0.3) is 5.56 Å².